The van der Waals surface area contributed by atoms with E-state index < -0.39 is 0 Å². The monoisotopic (exact) mass is 445 g/mol. The van der Waals surface area contributed by atoms with Crippen LogP contribution < -0.4 is 4.74 Å². The lowest BCUT2D eigenvalue weighted by Gasteiger charge is -2.38. The van der Waals surface area contributed by atoms with Crippen LogP contribution in [0, 0.1) is 12.7 Å². The molecule has 0 radical (unpaired) electrons. The van der Waals surface area contributed by atoms with Crippen LogP contribution >= 0.6 is 0 Å². The first kappa shape index (κ1) is 20.9. The molecule has 168 valence electrons. The Morgan fingerprint density at radius 1 is 1.18 bits per heavy atom. The first-order chi connectivity index (χ1) is 15.9. The Labute approximate surface area is 191 Å². The van der Waals surface area contributed by atoms with E-state index in [9.17, 15) is 9.18 Å². The molecule has 33 heavy (non-hydrogen) atoms. The second-order valence-corrected chi connectivity index (χ2v) is 8.25. The van der Waals surface area contributed by atoms with Crippen molar-refractivity contribution in [3.8, 4) is 11.4 Å². The molecule has 2 aliphatic heterocycles. The van der Waals surface area contributed by atoms with Crippen molar-refractivity contribution < 1.29 is 13.9 Å². The largest absolute Gasteiger partial charge is 0.495 e. The Hall–Kier alpha value is -3.94. The molecule has 0 N–H and O–H groups in total. The van der Waals surface area contributed by atoms with Crippen molar-refractivity contribution in [2.45, 2.75) is 19.4 Å². The number of fused-ring (bicyclic) bond motifs is 1. The molecule has 1 unspecified atom stereocenters. The van der Waals surface area contributed by atoms with Crippen LogP contribution in [0.4, 0.5) is 4.39 Å². The standard InChI is InChI=1S/C25H24FN5O2/c1-16-14-30(15-27-16)22-9-4-17(13-23(22)33-3)12-20-24(32)31-21(10-11-29(2)25(31)28-20)18-5-7-19(26)8-6-18/h4-9,12-15,21H,10-11H2,1-3H3. The van der Waals surface area contributed by atoms with Gasteiger partial charge in [-0.15, -0.1) is 0 Å². The number of rotatable bonds is 4. The van der Waals surface area contributed by atoms with Gasteiger partial charge in [0.25, 0.3) is 5.91 Å². The average molecular weight is 445 g/mol. The van der Waals surface area contributed by atoms with Gasteiger partial charge in [0.05, 0.1) is 30.9 Å². The predicted octanol–water partition coefficient (Wildman–Crippen LogP) is 3.94. The number of methoxy groups -OCH3 is 1. The van der Waals surface area contributed by atoms with Crippen molar-refractivity contribution in [2.24, 2.45) is 4.99 Å². The van der Waals surface area contributed by atoms with E-state index in [1.807, 2.05) is 47.8 Å². The second kappa shape index (κ2) is 8.20. The fraction of sp³-hybridized carbons (Fsp3) is 0.240. The third-order valence-electron chi connectivity index (χ3n) is 6.02. The smallest absolute Gasteiger partial charge is 0.279 e. The fourth-order valence-corrected chi connectivity index (χ4v) is 4.32. The van der Waals surface area contributed by atoms with Crippen molar-refractivity contribution in [3.05, 3.63) is 83.3 Å². The molecular formula is C25H24FN5O2. The molecule has 1 aromatic heterocycles. The van der Waals surface area contributed by atoms with Gasteiger partial charge in [0.1, 0.15) is 17.3 Å². The van der Waals surface area contributed by atoms with E-state index in [2.05, 4.69) is 9.98 Å². The molecule has 2 aliphatic rings. The number of nitrogens with zero attached hydrogens (tertiary/aromatic N) is 5. The SMILES string of the molecule is COc1cc(C=C2N=C3N(C)CCC(c4ccc(F)cc4)N3C2=O)ccc1-n1cnc(C)c1. The third kappa shape index (κ3) is 3.77. The van der Waals surface area contributed by atoms with Crippen LogP contribution in [0.3, 0.4) is 0 Å². The Balaban J connectivity index is 1.48. The minimum absolute atomic E-state index is 0.167. The van der Waals surface area contributed by atoms with Gasteiger partial charge >= 0.3 is 0 Å². The number of hydrogen-bond donors (Lipinski definition) is 0. The van der Waals surface area contributed by atoms with Gasteiger partial charge in [-0.2, -0.15) is 0 Å². The Kier molecular flexibility index (Phi) is 5.20. The number of hydrogen-bond acceptors (Lipinski definition) is 5. The zero-order chi connectivity index (χ0) is 23.1. The number of guanidine groups is 1. The highest BCUT2D eigenvalue weighted by Crippen LogP contribution is 2.35. The Bertz CT molecular complexity index is 1280. The molecule has 3 heterocycles. The molecule has 0 spiro atoms. The molecular weight excluding hydrogens is 421 g/mol. The van der Waals surface area contributed by atoms with Crippen LogP contribution in [0.25, 0.3) is 11.8 Å². The molecule has 0 saturated carbocycles. The van der Waals surface area contributed by atoms with Crippen molar-refractivity contribution in [3.63, 3.8) is 0 Å². The third-order valence-corrected chi connectivity index (χ3v) is 6.02. The lowest BCUT2D eigenvalue weighted by molar-refractivity contribution is -0.125. The highest BCUT2D eigenvalue weighted by atomic mass is 19.1. The van der Waals surface area contributed by atoms with Crippen LogP contribution in [0.15, 0.2) is 65.7 Å². The van der Waals surface area contributed by atoms with E-state index in [4.69, 9.17) is 4.74 Å². The van der Waals surface area contributed by atoms with Gasteiger partial charge in [0, 0.05) is 19.8 Å². The quantitative estimate of drug-likeness (QED) is 0.571. The van der Waals surface area contributed by atoms with E-state index in [0.29, 0.717) is 17.4 Å². The van der Waals surface area contributed by atoms with Crippen molar-refractivity contribution in [2.75, 3.05) is 20.7 Å². The van der Waals surface area contributed by atoms with Gasteiger partial charge in [-0.1, -0.05) is 18.2 Å². The Morgan fingerprint density at radius 3 is 2.67 bits per heavy atom. The molecule has 0 bridgehead atoms. The molecule has 1 atom stereocenters. The zero-order valence-electron chi connectivity index (χ0n) is 18.7. The van der Waals surface area contributed by atoms with Gasteiger partial charge in [-0.05, 0) is 54.8 Å². The van der Waals surface area contributed by atoms with Crippen molar-refractivity contribution in [1.82, 2.24) is 19.4 Å². The summed E-state index contributed by atoms with van der Waals surface area (Å²) in [7, 11) is 3.54. The summed E-state index contributed by atoms with van der Waals surface area (Å²) in [6.07, 6.45) is 6.18. The molecule has 2 aromatic carbocycles. The summed E-state index contributed by atoms with van der Waals surface area (Å²) in [5.74, 6) is 0.819. The number of benzene rings is 2. The van der Waals surface area contributed by atoms with Crippen LogP contribution in [-0.4, -0.2) is 51.9 Å². The first-order valence-corrected chi connectivity index (χ1v) is 10.7. The summed E-state index contributed by atoms with van der Waals surface area (Å²) in [5.41, 5.74) is 3.83. The van der Waals surface area contributed by atoms with E-state index in [1.165, 1.54) is 12.1 Å². The van der Waals surface area contributed by atoms with Gasteiger partial charge in [0.15, 0.2) is 0 Å². The number of amides is 1. The number of carbonyl (C=O) groups is 1. The maximum atomic E-state index is 13.4. The summed E-state index contributed by atoms with van der Waals surface area (Å²) in [6, 6.07) is 11.9. The molecule has 1 saturated heterocycles. The number of halogens is 1. The zero-order valence-corrected chi connectivity index (χ0v) is 18.7. The minimum atomic E-state index is -0.294. The summed E-state index contributed by atoms with van der Waals surface area (Å²) in [5, 5.41) is 0. The number of aryl methyl sites for hydroxylation is 1. The number of aromatic nitrogens is 2. The van der Waals surface area contributed by atoms with Gasteiger partial charge in [0.2, 0.25) is 5.96 Å². The number of imidazole rings is 1. The fourth-order valence-electron chi connectivity index (χ4n) is 4.32. The summed E-state index contributed by atoms with van der Waals surface area (Å²) in [4.78, 5) is 26.0. The normalized spacial score (nSPS) is 19.2. The second-order valence-electron chi connectivity index (χ2n) is 8.25. The molecule has 1 fully saturated rings. The average Bonchev–Trinajstić information content (AvgIpc) is 3.39. The summed E-state index contributed by atoms with van der Waals surface area (Å²) >= 11 is 0. The molecule has 8 heteroatoms. The summed E-state index contributed by atoms with van der Waals surface area (Å²) < 4.78 is 20.9. The van der Waals surface area contributed by atoms with Crippen molar-refractivity contribution >= 4 is 17.9 Å². The van der Waals surface area contributed by atoms with E-state index in [1.54, 1.807) is 36.5 Å². The number of carbonyl (C=O) groups excluding carboxylic acids is 1. The van der Waals surface area contributed by atoms with Crippen LogP contribution in [-0.2, 0) is 4.79 Å². The number of ether oxygens (including phenoxy) is 1. The minimum Gasteiger partial charge on any atom is -0.495 e. The lowest BCUT2D eigenvalue weighted by Crippen LogP contribution is -2.49. The van der Waals surface area contributed by atoms with Crippen LogP contribution in [0.2, 0.25) is 0 Å². The van der Waals surface area contributed by atoms with Gasteiger partial charge in [-0.3, -0.25) is 9.69 Å². The van der Waals surface area contributed by atoms with Gasteiger partial charge in [-0.25, -0.2) is 14.4 Å². The Morgan fingerprint density at radius 2 is 1.97 bits per heavy atom. The summed E-state index contributed by atoms with van der Waals surface area (Å²) in [6.45, 7) is 2.68. The highest BCUT2D eigenvalue weighted by Gasteiger charge is 2.41. The molecule has 7 nitrogen and oxygen atoms in total. The predicted molar refractivity (Wildman–Crippen MR) is 123 cm³/mol. The lowest BCUT2D eigenvalue weighted by atomic mass is 10.00. The highest BCUT2D eigenvalue weighted by molar-refractivity contribution is 6.14. The van der Waals surface area contributed by atoms with Crippen molar-refractivity contribution in [1.29, 1.82) is 0 Å². The maximum Gasteiger partial charge on any atom is 0.279 e. The van der Waals surface area contributed by atoms with Crippen LogP contribution in [0.5, 0.6) is 5.75 Å². The molecule has 5 rings (SSSR count). The van der Waals surface area contributed by atoms with E-state index in [0.717, 1.165) is 35.5 Å². The topological polar surface area (TPSA) is 63.0 Å². The molecule has 1 amide bonds. The van der Waals surface area contributed by atoms with E-state index in [-0.39, 0.29) is 17.8 Å². The number of aliphatic imine (C=N–C) groups is 1. The van der Waals surface area contributed by atoms with Gasteiger partial charge < -0.3 is 14.2 Å². The van der Waals surface area contributed by atoms with Crippen LogP contribution in [0.1, 0.15) is 29.3 Å². The van der Waals surface area contributed by atoms with E-state index >= 15 is 0 Å². The maximum absolute atomic E-state index is 13.4. The molecule has 3 aromatic rings. The molecule has 0 aliphatic carbocycles. The first-order valence-electron chi connectivity index (χ1n) is 10.7.